The summed E-state index contributed by atoms with van der Waals surface area (Å²) >= 11 is 0. The van der Waals surface area contributed by atoms with Gasteiger partial charge in [-0.2, -0.15) is 0 Å². The van der Waals surface area contributed by atoms with Crippen molar-refractivity contribution >= 4 is 5.91 Å². The van der Waals surface area contributed by atoms with Crippen LogP contribution >= 0.6 is 0 Å². The van der Waals surface area contributed by atoms with Crippen LogP contribution in [0.2, 0.25) is 0 Å². The lowest BCUT2D eigenvalue weighted by molar-refractivity contribution is -0.183. The maximum absolute atomic E-state index is 11.5. The van der Waals surface area contributed by atoms with E-state index in [2.05, 4.69) is 5.32 Å². The van der Waals surface area contributed by atoms with Gasteiger partial charge in [0, 0.05) is 25.8 Å². The molecule has 0 aromatic heterocycles. The van der Waals surface area contributed by atoms with E-state index in [0.717, 1.165) is 45.4 Å². The molecule has 0 unspecified atom stereocenters. The molecule has 1 aliphatic carbocycles. The zero-order chi connectivity index (χ0) is 11.4. The molecule has 0 radical (unpaired) electrons. The van der Waals surface area contributed by atoms with E-state index in [0.29, 0.717) is 12.3 Å². The van der Waals surface area contributed by atoms with Crippen LogP contribution in [0.25, 0.3) is 0 Å². The summed E-state index contributed by atoms with van der Waals surface area (Å²) < 4.78 is 11.3. The number of carbonyl (C=O) groups is 1. The van der Waals surface area contributed by atoms with E-state index in [-0.39, 0.29) is 11.7 Å². The second-order valence-electron chi connectivity index (χ2n) is 4.71. The summed E-state index contributed by atoms with van der Waals surface area (Å²) in [5.74, 6) is 0.388. The SMILES string of the molecule is CCNC(=O)CC1CCC2(CC1)OCCO2. The summed E-state index contributed by atoms with van der Waals surface area (Å²) in [5, 5.41) is 2.85. The van der Waals surface area contributed by atoms with Gasteiger partial charge >= 0.3 is 0 Å². The molecule has 1 N–H and O–H groups in total. The summed E-state index contributed by atoms with van der Waals surface area (Å²) in [7, 11) is 0. The zero-order valence-corrected chi connectivity index (χ0v) is 9.96. The number of rotatable bonds is 3. The summed E-state index contributed by atoms with van der Waals surface area (Å²) in [5.41, 5.74) is 0. The first-order chi connectivity index (χ1) is 7.74. The van der Waals surface area contributed by atoms with Crippen LogP contribution in [0.4, 0.5) is 0 Å². The zero-order valence-electron chi connectivity index (χ0n) is 9.96. The molecule has 4 heteroatoms. The standard InChI is InChI=1S/C12H21NO3/c1-2-13-11(14)9-10-3-5-12(6-4-10)15-7-8-16-12/h10H,2-9H2,1H3,(H,13,14). The topological polar surface area (TPSA) is 47.6 Å². The highest BCUT2D eigenvalue weighted by Gasteiger charge is 2.40. The third kappa shape index (κ3) is 2.74. The quantitative estimate of drug-likeness (QED) is 0.793. The Hall–Kier alpha value is -0.610. The van der Waals surface area contributed by atoms with Crippen molar-refractivity contribution < 1.29 is 14.3 Å². The second-order valence-corrected chi connectivity index (χ2v) is 4.71. The van der Waals surface area contributed by atoms with Crippen LogP contribution in [0.5, 0.6) is 0 Å². The number of carbonyl (C=O) groups excluding carboxylic acids is 1. The molecule has 1 heterocycles. The van der Waals surface area contributed by atoms with E-state index in [1.165, 1.54) is 0 Å². The van der Waals surface area contributed by atoms with E-state index in [1.54, 1.807) is 0 Å². The molecule has 0 bridgehead atoms. The Balaban J connectivity index is 1.74. The van der Waals surface area contributed by atoms with Crippen LogP contribution in [0.15, 0.2) is 0 Å². The Morgan fingerprint density at radius 1 is 1.31 bits per heavy atom. The average Bonchev–Trinajstić information content (AvgIpc) is 2.71. The predicted molar refractivity (Wildman–Crippen MR) is 59.9 cm³/mol. The van der Waals surface area contributed by atoms with Gasteiger partial charge in [0.2, 0.25) is 5.91 Å². The number of hydrogen-bond acceptors (Lipinski definition) is 3. The maximum Gasteiger partial charge on any atom is 0.220 e. The Labute approximate surface area is 96.7 Å². The molecule has 92 valence electrons. The number of hydrogen-bond donors (Lipinski definition) is 1. The van der Waals surface area contributed by atoms with Crippen molar-refractivity contribution in [2.24, 2.45) is 5.92 Å². The molecule has 1 aliphatic heterocycles. The van der Waals surface area contributed by atoms with Crippen molar-refractivity contribution in [1.82, 2.24) is 5.32 Å². The molecular weight excluding hydrogens is 206 g/mol. The number of ether oxygens (including phenoxy) is 2. The van der Waals surface area contributed by atoms with Crippen molar-refractivity contribution in [3.8, 4) is 0 Å². The van der Waals surface area contributed by atoms with Crippen molar-refractivity contribution in [2.75, 3.05) is 19.8 Å². The third-order valence-electron chi connectivity index (χ3n) is 3.53. The molecule has 1 amide bonds. The molecule has 1 spiro atoms. The van der Waals surface area contributed by atoms with Crippen molar-refractivity contribution in [3.05, 3.63) is 0 Å². The van der Waals surface area contributed by atoms with Crippen LogP contribution in [0, 0.1) is 5.92 Å². The van der Waals surface area contributed by atoms with E-state index in [4.69, 9.17) is 9.47 Å². The van der Waals surface area contributed by atoms with Crippen molar-refractivity contribution in [3.63, 3.8) is 0 Å². The van der Waals surface area contributed by atoms with Crippen LogP contribution < -0.4 is 5.32 Å². The largest absolute Gasteiger partial charge is 0.356 e. The summed E-state index contributed by atoms with van der Waals surface area (Å²) in [6.07, 6.45) is 4.62. The number of nitrogens with one attached hydrogen (secondary N) is 1. The molecule has 16 heavy (non-hydrogen) atoms. The highest BCUT2D eigenvalue weighted by atomic mass is 16.7. The molecule has 2 aliphatic rings. The first-order valence-electron chi connectivity index (χ1n) is 6.29. The van der Waals surface area contributed by atoms with Crippen LogP contribution in [-0.2, 0) is 14.3 Å². The maximum atomic E-state index is 11.5. The Morgan fingerprint density at radius 3 is 2.50 bits per heavy atom. The lowest BCUT2D eigenvalue weighted by Crippen LogP contribution is -2.36. The fourth-order valence-corrected chi connectivity index (χ4v) is 2.64. The average molecular weight is 227 g/mol. The smallest absolute Gasteiger partial charge is 0.220 e. The molecule has 0 aromatic rings. The Morgan fingerprint density at radius 2 is 1.94 bits per heavy atom. The molecule has 2 fully saturated rings. The van der Waals surface area contributed by atoms with Gasteiger partial charge in [-0.25, -0.2) is 0 Å². The summed E-state index contributed by atoms with van der Waals surface area (Å²) in [4.78, 5) is 11.5. The number of amides is 1. The molecule has 0 atom stereocenters. The van der Waals surface area contributed by atoms with E-state index >= 15 is 0 Å². The van der Waals surface area contributed by atoms with Gasteiger partial charge in [0.05, 0.1) is 13.2 Å². The molecule has 4 nitrogen and oxygen atoms in total. The minimum absolute atomic E-state index is 0.178. The fourth-order valence-electron chi connectivity index (χ4n) is 2.64. The molecule has 0 aromatic carbocycles. The Bertz CT molecular complexity index is 239. The van der Waals surface area contributed by atoms with E-state index in [9.17, 15) is 4.79 Å². The first-order valence-corrected chi connectivity index (χ1v) is 6.29. The Kier molecular flexibility index (Phi) is 3.82. The summed E-state index contributed by atoms with van der Waals surface area (Å²) in [6, 6.07) is 0. The van der Waals surface area contributed by atoms with Gasteiger partial charge in [-0.15, -0.1) is 0 Å². The monoisotopic (exact) mass is 227 g/mol. The van der Waals surface area contributed by atoms with Gasteiger partial charge in [0.15, 0.2) is 5.79 Å². The summed E-state index contributed by atoms with van der Waals surface area (Å²) in [6.45, 7) is 4.12. The van der Waals surface area contributed by atoms with Crippen LogP contribution in [0.1, 0.15) is 39.0 Å². The van der Waals surface area contributed by atoms with Crippen LogP contribution in [0.3, 0.4) is 0 Å². The van der Waals surface area contributed by atoms with Gasteiger partial charge in [0.1, 0.15) is 0 Å². The van der Waals surface area contributed by atoms with Gasteiger partial charge < -0.3 is 14.8 Å². The lowest BCUT2D eigenvalue weighted by Gasteiger charge is -2.35. The highest BCUT2D eigenvalue weighted by molar-refractivity contribution is 5.76. The highest BCUT2D eigenvalue weighted by Crippen LogP contribution is 2.39. The molecule has 2 rings (SSSR count). The molecular formula is C12H21NO3. The van der Waals surface area contributed by atoms with Crippen molar-refractivity contribution in [2.45, 2.75) is 44.8 Å². The first kappa shape index (κ1) is 11.9. The van der Waals surface area contributed by atoms with Crippen molar-refractivity contribution in [1.29, 1.82) is 0 Å². The molecule has 1 saturated carbocycles. The fraction of sp³-hybridized carbons (Fsp3) is 0.917. The predicted octanol–water partition coefficient (Wildman–Crippen LogP) is 1.45. The van der Waals surface area contributed by atoms with Gasteiger partial charge in [-0.1, -0.05) is 0 Å². The third-order valence-corrected chi connectivity index (χ3v) is 3.53. The lowest BCUT2D eigenvalue weighted by atomic mass is 9.83. The minimum atomic E-state index is -0.294. The molecule has 1 saturated heterocycles. The van der Waals surface area contributed by atoms with E-state index in [1.807, 2.05) is 6.92 Å². The van der Waals surface area contributed by atoms with Gasteiger partial charge in [-0.05, 0) is 25.7 Å². The van der Waals surface area contributed by atoms with Gasteiger partial charge in [-0.3, -0.25) is 4.79 Å². The van der Waals surface area contributed by atoms with Gasteiger partial charge in [0.25, 0.3) is 0 Å². The second kappa shape index (κ2) is 5.15. The minimum Gasteiger partial charge on any atom is -0.356 e. The van der Waals surface area contributed by atoms with Crippen LogP contribution in [-0.4, -0.2) is 31.5 Å². The van der Waals surface area contributed by atoms with E-state index < -0.39 is 0 Å². The normalized spacial score (nSPS) is 24.8.